The fraction of sp³-hybridized carbons (Fsp3) is 0.357. The first kappa shape index (κ1) is 13.3. The number of hydrogen-bond donors (Lipinski definition) is 1. The summed E-state index contributed by atoms with van der Waals surface area (Å²) < 4.78 is 1.63. The van der Waals surface area contributed by atoms with E-state index in [-0.39, 0.29) is 5.69 Å². The van der Waals surface area contributed by atoms with E-state index in [0.717, 1.165) is 23.2 Å². The van der Waals surface area contributed by atoms with Gasteiger partial charge in [-0.05, 0) is 43.5 Å². The highest BCUT2D eigenvalue weighted by Gasteiger charge is 2.19. The molecule has 0 radical (unpaired) electrons. The van der Waals surface area contributed by atoms with Crippen molar-refractivity contribution < 1.29 is 9.90 Å². The quantitative estimate of drug-likeness (QED) is 0.916. The molecule has 0 unspecified atom stereocenters. The van der Waals surface area contributed by atoms with Gasteiger partial charge in [-0.1, -0.05) is 24.6 Å². The van der Waals surface area contributed by atoms with E-state index < -0.39 is 5.97 Å². The third-order valence-electron chi connectivity index (χ3n) is 2.90. The lowest BCUT2D eigenvalue weighted by Crippen LogP contribution is -2.07. The van der Waals surface area contributed by atoms with Gasteiger partial charge >= 0.3 is 5.97 Å². The topological polar surface area (TPSA) is 68.0 Å². The molecule has 0 aliphatic carbocycles. The Morgan fingerprint density at radius 3 is 2.42 bits per heavy atom. The maximum Gasteiger partial charge on any atom is 0.358 e. The van der Waals surface area contributed by atoms with E-state index in [1.165, 1.54) is 0 Å². The summed E-state index contributed by atoms with van der Waals surface area (Å²) in [6, 6.07) is 6.02. The number of nitrogens with zero attached hydrogens (tertiary/aromatic N) is 3. The number of hydrogen-bond acceptors (Lipinski definition) is 3. The summed E-state index contributed by atoms with van der Waals surface area (Å²) in [5.74, 6) is -1.03. The van der Waals surface area contributed by atoms with Crippen LogP contribution in [0.4, 0.5) is 0 Å². The zero-order valence-electron chi connectivity index (χ0n) is 11.3. The molecule has 100 valence electrons. The van der Waals surface area contributed by atoms with Crippen LogP contribution in [0.3, 0.4) is 0 Å². The second kappa shape index (κ2) is 5.22. The zero-order chi connectivity index (χ0) is 14.0. The van der Waals surface area contributed by atoms with Crippen LogP contribution >= 0.6 is 0 Å². The Morgan fingerprint density at radius 2 is 1.89 bits per heavy atom. The molecule has 0 saturated carbocycles. The molecule has 5 heteroatoms. The molecule has 1 N–H and O–H groups in total. The molecule has 1 heterocycles. The first-order valence-electron chi connectivity index (χ1n) is 6.29. The molecule has 0 aliphatic heterocycles. The number of carboxylic acid groups (broad SMARTS) is 1. The van der Waals surface area contributed by atoms with Gasteiger partial charge < -0.3 is 5.11 Å². The van der Waals surface area contributed by atoms with Crippen molar-refractivity contribution in [3.63, 3.8) is 0 Å². The van der Waals surface area contributed by atoms with Crippen molar-refractivity contribution in [2.24, 2.45) is 0 Å². The van der Waals surface area contributed by atoms with Crippen molar-refractivity contribution in [1.29, 1.82) is 0 Å². The standard InChI is InChI=1S/C14H17N3O2/c1-4-5-12-13(14(18)19)15-16-17(12)11-7-9(2)6-10(3)8-11/h6-8H,4-5H2,1-3H3,(H,18,19). The van der Waals surface area contributed by atoms with Crippen LogP contribution in [0.2, 0.25) is 0 Å². The molecule has 0 fully saturated rings. The van der Waals surface area contributed by atoms with Crippen LogP contribution in [-0.2, 0) is 6.42 Å². The minimum absolute atomic E-state index is 0.0426. The Hall–Kier alpha value is -2.17. The van der Waals surface area contributed by atoms with Gasteiger partial charge in [0.15, 0.2) is 5.69 Å². The van der Waals surface area contributed by atoms with E-state index in [2.05, 4.69) is 16.4 Å². The molecule has 0 atom stereocenters. The number of aromatic nitrogens is 3. The summed E-state index contributed by atoms with van der Waals surface area (Å²) in [6.07, 6.45) is 1.49. The third-order valence-corrected chi connectivity index (χ3v) is 2.90. The van der Waals surface area contributed by atoms with E-state index in [9.17, 15) is 4.79 Å². The number of aromatic carboxylic acids is 1. The largest absolute Gasteiger partial charge is 0.476 e. The Morgan fingerprint density at radius 1 is 1.26 bits per heavy atom. The summed E-state index contributed by atoms with van der Waals surface area (Å²) in [7, 11) is 0. The van der Waals surface area contributed by atoms with Crippen molar-refractivity contribution in [3.05, 3.63) is 40.7 Å². The zero-order valence-corrected chi connectivity index (χ0v) is 11.3. The second-order valence-corrected chi connectivity index (χ2v) is 4.70. The van der Waals surface area contributed by atoms with Crippen LogP contribution in [0.25, 0.3) is 5.69 Å². The molecule has 0 amide bonds. The predicted octanol–water partition coefficient (Wildman–Crippen LogP) is 2.53. The van der Waals surface area contributed by atoms with Crippen LogP contribution in [0.15, 0.2) is 18.2 Å². The number of carbonyl (C=O) groups is 1. The van der Waals surface area contributed by atoms with Gasteiger partial charge in [0.05, 0.1) is 11.4 Å². The molecule has 0 aliphatic rings. The summed E-state index contributed by atoms with van der Waals surface area (Å²) in [4.78, 5) is 11.2. The minimum Gasteiger partial charge on any atom is -0.476 e. The molecule has 19 heavy (non-hydrogen) atoms. The molecule has 1 aromatic heterocycles. The minimum atomic E-state index is -1.03. The van der Waals surface area contributed by atoms with Crippen molar-refractivity contribution >= 4 is 5.97 Å². The lowest BCUT2D eigenvalue weighted by molar-refractivity contribution is 0.0689. The number of aryl methyl sites for hydroxylation is 2. The Labute approximate surface area is 111 Å². The van der Waals surface area contributed by atoms with Crippen LogP contribution < -0.4 is 0 Å². The lowest BCUT2D eigenvalue weighted by atomic mass is 10.1. The summed E-state index contributed by atoms with van der Waals surface area (Å²) in [5.41, 5.74) is 3.79. The van der Waals surface area contributed by atoms with Crippen molar-refractivity contribution in [1.82, 2.24) is 15.0 Å². The van der Waals surface area contributed by atoms with E-state index in [4.69, 9.17) is 5.11 Å². The Balaban J connectivity index is 2.58. The highest BCUT2D eigenvalue weighted by atomic mass is 16.4. The summed E-state index contributed by atoms with van der Waals surface area (Å²) in [5, 5.41) is 16.9. The fourth-order valence-corrected chi connectivity index (χ4v) is 2.21. The van der Waals surface area contributed by atoms with Gasteiger partial charge in [-0.3, -0.25) is 0 Å². The lowest BCUT2D eigenvalue weighted by Gasteiger charge is -2.08. The molecule has 2 aromatic rings. The molecular formula is C14H17N3O2. The highest BCUT2D eigenvalue weighted by Crippen LogP contribution is 2.17. The molecule has 5 nitrogen and oxygen atoms in total. The normalized spacial score (nSPS) is 10.7. The first-order chi connectivity index (χ1) is 9.02. The van der Waals surface area contributed by atoms with Crippen LogP contribution in [-0.4, -0.2) is 26.1 Å². The van der Waals surface area contributed by atoms with Gasteiger partial charge in [0.2, 0.25) is 0 Å². The summed E-state index contributed by atoms with van der Waals surface area (Å²) in [6.45, 7) is 6.01. The first-order valence-corrected chi connectivity index (χ1v) is 6.29. The Bertz CT molecular complexity index is 597. The van der Waals surface area contributed by atoms with E-state index >= 15 is 0 Å². The smallest absolute Gasteiger partial charge is 0.358 e. The third kappa shape index (κ3) is 2.65. The van der Waals surface area contributed by atoms with Crippen LogP contribution in [0, 0.1) is 13.8 Å². The summed E-state index contributed by atoms with van der Waals surface area (Å²) >= 11 is 0. The SMILES string of the molecule is CCCc1c(C(=O)O)nnn1-c1cc(C)cc(C)c1. The van der Waals surface area contributed by atoms with Gasteiger partial charge in [0, 0.05) is 0 Å². The van der Waals surface area contributed by atoms with Crippen molar-refractivity contribution in [2.75, 3.05) is 0 Å². The van der Waals surface area contributed by atoms with Gasteiger partial charge in [-0.25, -0.2) is 9.48 Å². The van der Waals surface area contributed by atoms with Gasteiger partial charge in [0.25, 0.3) is 0 Å². The molecule has 0 saturated heterocycles. The van der Waals surface area contributed by atoms with Crippen LogP contribution in [0.5, 0.6) is 0 Å². The van der Waals surface area contributed by atoms with E-state index in [1.807, 2.05) is 32.9 Å². The number of rotatable bonds is 4. The second-order valence-electron chi connectivity index (χ2n) is 4.70. The molecule has 0 spiro atoms. The van der Waals surface area contributed by atoms with E-state index in [0.29, 0.717) is 12.1 Å². The average Bonchev–Trinajstić information content (AvgIpc) is 2.72. The van der Waals surface area contributed by atoms with Gasteiger partial charge in [-0.2, -0.15) is 0 Å². The maximum absolute atomic E-state index is 11.2. The van der Waals surface area contributed by atoms with Gasteiger partial charge in [-0.15, -0.1) is 5.10 Å². The molecule has 0 bridgehead atoms. The maximum atomic E-state index is 11.2. The van der Waals surface area contributed by atoms with Crippen molar-refractivity contribution in [2.45, 2.75) is 33.6 Å². The molecule has 1 aromatic carbocycles. The molecular weight excluding hydrogens is 242 g/mol. The number of carboxylic acids is 1. The van der Waals surface area contributed by atoms with Gasteiger partial charge in [0.1, 0.15) is 0 Å². The highest BCUT2D eigenvalue weighted by molar-refractivity contribution is 5.86. The molecule has 2 rings (SSSR count). The number of benzene rings is 1. The fourth-order valence-electron chi connectivity index (χ4n) is 2.21. The monoisotopic (exact) mass is 259 g/mol. The average molecular weight is 259 g/mol. The predicted molar refractivity (Wildman–Crippen MR) is 71.8 cm³/mol. The Kier molecular flexibility index (Phi) is 3.64. The van der Waals surface area contributed by atoms with Crippen molar-refractivity contribution in [3.8, 4) is 5.69 Å². The van der Waals surface area contributed by atoms with E-state index in [1.54, 1.807) is 4.68 Å². The van der Waals surface area contributed by atoms with Crippen LogP contribution in [0.1, 0.15) is 40.7 Å².